The molecule has 0 saturated heterocycles. The zero-order chi connectivity index (χ0) is 23.4. The molecule has 174 valence electrons. The van der Waals surface area contributed by atoms with E-state index in [1.54, 1.807) is 4.52 Å². The average molecular weight is 466 g/mol. The van der Waals surface area contributed by atoms with E-state index in [4.69, 9.17) is 14.4 Å². The summed E-state index contributed by atoms with van der Waals surface area (Å²) in [7, 11) is 0. The summed E-state index contributed by atoms with van der Waals surface area (Å²) in [6, 6.07) is 15.6. The molecule has 3 aliphatic carbocycles. The molecule has 2 bridgehead atoms. The maximum atomic E-state index is 6.32. The van der Waals surface area contributed by atoms with Gasteiger partial charge in [0.2, 0.25) is 17.5 Å². The number of aromatic nitrogens is 7. The number of hydrogen-bond donors (Lipinski definition) is 0. The highest BCUT2D eigenvalue weighted by molar-refractivity contribution is 5.63. The topological polar surface area (TPSA) is 104 Å². The smallest absolute Gasteiger partial charge is 0.298 e. The molecule has 5 aromatic rings. The summed E-state index contributed by atoms with van der Waals surface area (Å²) < 4.78 is 13.6. The molecule has 4 heterocycles. The van der Waals surface area contributed by atoms with Crippen LogP contribution in [0.4, 0.5) is 0 Å². The highest BCUT2D eigenvalue weighted by atomic mass is 16.5. The first kappa shape index (κ1) is 20.3. The second kappa shape index (κ2) is 7.97. The van der Waals surface area contributed by atoms with E-state index in [0.717, 1.165) is 48.3 Å². The van der Waals surface area contributed by atoms with Crippen LogP contribution in [0.25, 0.3) is 28.8 Å². The van der Waals surface area contributed by atoms with Crippen LogP contribution in [0.2, 0.25) is 0 Å². The molecule has 0 aliphatic heterocycles. The lowest BCUT2D eigenvalue weighted by atomic mass is 9.67. The molecule has 0 spiro atoms. The number of ether oxygens (including phenoxy) is 1. The van der Waals surface area contributed by atoms with Crippen LogP contribution in [0.3, 0.4) is 0 Å². The highest BCUT2D eigenvalue weighted by Crippen LogP contribution is 2.53. The van der Waals surface area contributed by atoms with Crippen molar-refractivity contribution in [1.29, 1.82) is 0 Å². The van der Waals surface area contributed by atoms with Crippen molar-refractivity contribution >= 4 is 5.65 Å². The van der Waals surface area contributed by atoms with Gasteiger partial charge in [0.1, 0.15) is 6.61 Å². The summed E-state index contributed by atoms with van der Waals surface area (Å²) in [5.41, 5.74) is 5.84. The average Bonchev–Trinajstić information content (AvgIpc) is 3.56. The maximum absolute atomic E-state index is 6.32. The fourth-order valence-electron chi connectivity index (χ4n) is 5.47. The van der Waals surface area contributed by atoms with Crippen LogP contribution in [0.5, 0.6) is 5.88 Å². The fourth-order valence-corrected chi connectivity index (χ4v) is 5.47. The first-order valence-electron chi connectivity index (χ1n) is 12.0. The van der Waals surface area contributed by atoms with Crippen molar-refractivity contribution in [3.8, 4) is 29.0 Å². The molecular formula is C26H23N7O2. The Morgan fingerprint density at radius 1 is 0.914 bits per heavy atom. The first-order chi connectivity index (χ1) is 17.2. The summed E-state index contributed by atoms with van der Waals surface area (Å²) in [5.74, 6) is 2.67. The summed E-state index contributed by atoms with van der Waals surface area (Å²) in [6.45, 7) is 2.33. The van der Waals surface area contributed by atoms with Gasteiger partial charge in [-0.15, -0.1) is 15.3 Å². The van der Waals surface area contributed by atoms with E-state index in [1.807, 2.05) is 55.5 Å². The largest absolute Gasteiger partial charge is 0.470 e. The Hall–Kier alpha value is -4.14. The molecule has 0 N–H and O–H groups in total. The van der Waals surface area contributed by atoms with Gasteiger partial charge in [-0.1, -0.05) is 41.6 Å². The third-order valence-electron chi connectivity index (χ3n) is 7.09. The van der Waals surface area contributed by atoms with E-state index >= 15 is 0 Å². The first-order valence-corrected chi connectivity index (χ1v) is 12.0. The van der Waals surface area contributed by atoms with Gasteiger partial charge in [0.25, 0.3) is 5.89 Å². The van der Waals surface area contributed by atoms with E-state index in [-0.39, 0.29) is 5.89 Å². The summed E-state index contributed by atoms with van der Waals surface area (Å²) >= 11 is 0. The second-order valence-corrected chi connectivity index (χ2v) is 9.29. The van der Waals surface area contributed by atoms with Crippen molar-refractivity contribution in [1.82, 2.24) is 34.9 Å². The van der Waals surface area contributed by atoms with Crippen LogP contribution in [-0.4, -0.2) is 34.9 Å². The minimum atomic E-state index is 0.274. The third kappa shape index (κ3) is 3.38. The number of benzene rings is 1. The van der Waals surface area contributed by atoms with Gasteiger partial charge in [-0.05, 0) is 56.6 Å². The molecule has 1 fully saturated rings. The zero-order valence-corrected chi connectivity index (χ0v) is 19.3. The second-order valence-electron chi connectivity index (χ2n) is 9.29. The molecule has 8 rings (SSSR count). The molecule has 0 amide bonds. The summed E-state index contributed by atoms with van der Waals surface area (Å²) in [5, 5.41) is 18.0. The van der Waals surface area contributed by atoms with Crippen LogP contribution < -0.4 is 4.74 Å². The van der Waals surface area contributed by atoms with E-state index in [9.17, 15) is 0 Å². The molecule has 0 atom stereocenters. The van der Waals surface area contributed by atoms with Gasteiger partial charge in [0.05, 0.1) is 5.69 Å². The lowest BCUT2D eigenvalue weighted by Crippen LogP contribution is -2.25. The van der Waals surface area contributed by atoms with Crippen LogP contribution in [0, 0.1) is 6.92 Å². The molecule has 1 aromatic carbocycles. The fraction of sp³-hybridized carbons (Fsp3) is 0.308. The van der Waals surface area contributed by atoms with Crippen LogP contribution >= 0.6 is 0 Å². The third-order valence-corrected chi connectivity index (χ3v) is 7.09. The minimum Gasteiger partial charge on any atom is -0.470 e. The minimum absolute atomic E-state index is 0.274. The Balaban J connectivity index is 1.34. The molecule has 3 aliphatic rings. The van der Waals surface area contributed by atoms with Crippen molar-refractivity contribution in [2.75, 3.05) is 0 Å². The molecular weight excluding hydrogens is 442 g/mol. The number of pyridine rings is 1. The Morgan fingerprint density at radius 3 is 2.51 bits per heavy atom. The Bertz CT molecular complexity index is 1530. The van der Waals surface area contributed by atoms with Gasteiger partial charge < -0.3 is 9.26 Å². The number of aryl methyl sites for hydroxylation is 1. The lowest BCUT2D eigenvalue weighted by molar-refractivity contribution is 0.264. The number of hydrogen-bond acceptors (Lipinski definition) is 8. The summed E-state index contributed by atoms with van der Waals surface area (Å²) in [4.78, 5) is 9.15. The van der Waals surface area contributed by atoms with Crippen molar-refractivity contribution in [2.24, 2.45) is 0 Å². The van der Waals surface area contributed by atoms with E-state index in [2.05, 4.69) is 25.3 Å². The van der Waals surface area contributed by atoms with E-state index in [0.29, 0.717) is 36.0 Å². The van der Waals surface area contributed by atoms with Crippen LogP contribution in [-0.2, 0) is 6.61 Å². The van der Waals surface area contributed by atoms with Gasteiger partial charge in [0.15, 0.2) is 5.65 Å². The van der Waals surface area contributed by atoms with Gasteiger partial charge in [-0.25, -0.2) is 0 Å². The van der Waals surface area contributed by atoms with Gasteiger partial charge in [-0.2, -0.15) is 9.50 Å². The Labute approximate surface area is 201 Å². The molecule has 0 unspecified atom stereocenters. The van der Waals surface area contributed by atoms with Crippen molar-refractivity contribution < 1.29 is 9.26 Å². The highest BCUT2D eigenvalue weighted by Gasteiger charge is 2.39. The van der Waals surface area contributed by atoms with Crippen LogP contribution in [0.1, 0.15) is 60.0 Å². The number of fused-ring (bicyclic) bond motifs is 3. The number of nitrogens with zero attached hydrogens (tertiary/aromatic N) is 7. The Morgan fingerprint density at radius 2 is 1.71 bits per heavy atom. The monoisotopic (exact) mass is 465 g/mol. The standard InChI is InChI=1S/C26H23N7O2/c1-15-6-5-9-19(27-15)14-34-25-21-17-12-10-16(11-13-17)20(21)23-29-30-24(33(23)31-25)26-28-22(32-35-26)18-7-3-2-4-8-18/h2-9,16-17H,10-14H2,1H3. The van der Waals surface area contributed by atoms with Crippen molar-refractivity contribution in [3.05, 3.63) is 71.0 Å². The van der Waals surface area contributed by atoms with Crippen LogP contribution in [0.15, 0.2) is 53.1 Å². The van der Waals surface area contributed by atoms with Crippen molar-refractivity contribution in [3.63, 3.8) is 0 Å². The molecule has 35 heavy (non-hydrogen) atoms. The van der Waals surface area contributed by atoms with Crippen molar-refractivity contribution in [2.45, 2.75) is 51.0 Å². The molecule has 4 aromatic heterocycles. The van der Waals surface area contributed by atoms with Gasteiger partial charge in [0, 0.05) is 22.4 Å². The molecule has 9 heteroatoms. The number of rotatable bonds is 5. The zero-order valence-electron chi connectivity index (χ0n) is 19.3. The predicted molar refractivity (Wildman–Crippen MR) is 127 cm³/mol. The summed E-state index contributed by atoms with van der Waals surface area (Å²) in [6.07, 6.45) is 4.60. The molecule has 9 nitrogen and oxygen atoms in total. The van der Waals surface area contributed by atoms with Gasteiger partial charge in [-0.3, -0.25) is 4.98 Å². The van der Waals surface area contributed by atoms with E-state index in [1.165, 1.54) is 11.1 Å². The molecule has 0 radical (unpaired) electrons. The molecule has 1 saturated carbocycles. The lowest BCUT2D eigenvalue weighted by Gasteiger charge is -2.38. The quantitative estimate of drug-likeness (QED) is 0.362. The predicted octanol–water partition coefficient (Wildman–Crippen LogP) is 4.88. The maximum Gasteiger partial charge on any atom is 0.298 e. The van der Waals surface area contributed by atoms with Gasteiger partial charge >= 0.3 is 0 Å². The normalized spacial score (nSPS) is 18.7. The van der Waals surface area contributed by atoms with E-state index < -0.39 is 0 Å². The Kier molecular flexibility index (Phi) is 4.61. The SMILES string of the molecule is Cc1cccc(COc2nn3c(-c4nc(-c5ccccc5)no4)nnc3c3c2C2CCC3CC2)n1.